The van der Waals surface area contributed by atoms with Crippen molar-refractivity contribution in [3.05, 3.63) is 48.6 Å². The second-order valence-electron chi connectivity index (χ2n) is 3.19. The van der Waals surface area contributed by atoms with E-state index < -0.39 is 0 Å². The van der Waals surface area contributed by atoms with Crippen LogP contribution in [-0.2, 0) is 0 Å². The average molecular weight is 174 g/mol. The summed E-state index contributed by atoms with van der Waals surface area (Å²) in [7, 11) is 0. The van der Waals surface area contributed by atoms with Crippen molar-refractivity contribution in [2.45, 2.75) is 32.1 Å². The minimum absolute atomic E-state index is 1.06. The molecular weight excluding hydrogens is 156 g/mol. The van der Waals surface area contributed by atoms with Crippen LogP contribution in [0.15, 0.2) is 48.6 Å². The molecule has 0 unspecified atom stereocenters. The zero-order valence-electron chi connectivity index (χ0n) is 8.15. The van der Waals surface area contributed by atoms with Crippen molar-refractivity contribution in [1.82, 2.24) is 0 Å². The molecule has 0 aliphatic heterocycles. The highest BCUT2D eigenvalue weighted by molar-refractivity contribution is 5.05. The van der Waals surface area contributed by atoms with Crippen molar-refractivity contribution < 1.29 is 0 Å². The lowest BCUT2D eigenvalue weighted by molar-refractivity contribution is 1.00. The Hall–Kier alpha value is -1.04. The Kier molecular flexibility index (Phi) is 5.87. The van der Waals surface area contributed by atoms with Crippen LogP contribution in [0.1, 0.15) is 32.1 Å². The first-order valence-electron chi connectivity index (χ1n) is 5.12. The molecule has 0 aromatic rings. The number of rotatable bonds is 0. The predicted molar refractivity (Wildman–Crippen MR) is 59.6 cm³/mol. The number of hydrogen-bond donors (Lipinski definition) is 0. The summed E-state index contributed by atoms with van der Waals surface area (Å²) in [6, 6.07) is 0. The van der Waals surface area contributed by atoms with Gasteiger partial charge < -0.3 is 0 Å². The standard InChI is InChI=1S/C13H18/c1-2-4-6-8-10-12-13-11-9-7-5-3-1/h1-4,7,9-10,12H,5-6,8,11,13H2/b3-1-,4-2-,9-7-,12-10-. The molecule has 0 heteroatoms. The summed E-state index contributed by atoms with van der Waals surface area (Å²) in [5.41, 5.74) is 0. The average Bonchev–Trinajstić information content (AvgIpc) is 2.18. The maximum atomic E-state index is 2.28. The van der Waals surface area contributed by atoms with Crippen molar-refractivity contribution in [2.24, 2.45) is 0 Å². The highest BCUT2D eigenvalue weighted by Crippen LogP contribution is 2.00. The molecule has 0 heterocycles. The van der Waals surface area contributed by atoms with Gasteiger partial charge in [-0.2, -0.15) is 0 Å². The van der Waals surface area contributed by atoms with Gasteiger partial charge in [0.25, 0.3) is 0 Å². The molecule has 1 rings (SSSR count). The molecule has 0 nitrogen and oxygen atoms in total. The molecule has 0 saturated carbocycles. The SMILES string of the molecule is C1=C\C/C=C\CC/C=C\CC\C=C/1. The van der Waals surface area contributed by atoms with Crippen molar-refractivity contribution in [3.8, 4) is 0 Å². The van der Waals surface area contributed by atoms with Crippen LogP contribution < -0.4 is 0 Å². The van der Waals surface area contributed by atoms with Gasteiger partial charge in [0.1, 0.15) is 0 Å². The Morgan fingerprint density at radius 2 is 1.00 bits per heavy atom. The third-order valence-corrected chi connectivity index (χ3v) is 1.99. The normalized spacial score (nSPS) is 28.9. The van der Waals surface area contributed by atoms with Gasteiger partial charge in [-0.15, -0.1) is 0 Å². The molecule has 0 radical (unpaired) electrons. The first-order valence-corrected chi connectivity index (χ1v) is 5.12. The summed E-state index contributed by atoms with van der Waals surface area (Å²) in [5, 5.41) is 0. The molecule has 0 atom stereocenters. The van der Waals surface area contributed by atoms with E-state index in [1.807, 2.05) is 0 Å². The number of allylic oxidation sites excluding steroid dienone is 8. The summed E-state index contributed by atoms with van der Waals surface area (Å²) in [6.45, 7) is 0. The maximum absolute atomic E-state index is 2.28. The smallest absolute Gasteiger partial charge is 0.0166 e. The van der Waals surface area contributed by atoms with E-state index in [2.05, 4.69) is 48.6 Å². The molecule has 0 aromatic carbocycles. The molecule has 0 saturated heterocycles. The summed E-state index contributed by atoms with van der Waals surface area (Å²) < 4.78 is 0. The largest absolute Gasteiger partial charge is 0.0882 e. The van der Waals surface area contributed by atoms with Crippen LogP contribution in [0.4, 0.5) is 0 Å². The topological polar surface area (TPSA) is 0 Å². The Bertz CT molecular complexity index is 216. The van der Waals surface area contributed by atoms with Crippen LogP contribution in [0.25, 0.3) is 0 Å². The van der Waals surface area contributed by atoms with E-state index in [0.29, 0.717) is 0 Å². The summed E-state index contributed by atoms with van der Waals surface area (Å²) in [5.74, 6) is 0. The summed E-state index contributed by atoms with van der Waals surface area (Å²) >= 11 is 0. The van der Waals surface area contributed by atoms with Gasteiger partial charge in [-0.3, -0.25) is 0 Å². The van der Waals surface area contributed by atoms with Crippen LogP contribution in [0.3, 0.4) is 0 Å². The molecule has 0 N–H and O–H groups in total. The third-order valence-electron chi connectivity index (χ3n) is 1.99. The summed E-state index contributed by atoms with van der Waals surface area (Å²) in [4.78, 5) is 0. The lowest BCUT2D eigenvalue weighted by Crippen LogP contribution is -1.66. The molecule has 0 amide bonds. The molecule has 0 aromatic heterocycles. The van der Waals surface area contributed by atoms with E-state index in [-0.39, 0.29) is 0 Å². The van der Waals surface area contributed by atoms with E-state index in [1.54, 1.807) is 0 Å². The monoisotopic (exact) mass is 174 g/mol. The van der Waals surface area contributed by atoms with E-state index in [4.69, 9.17) is 0 Å². The second kappa shape index (κ2) is 7.60. The molecule has 0 bridgehead atoms. The van der Waals surface area contributed by atoms with Crippen molar-refractivity contribution in [1.29, 1.82) is 0 Å². The van der Waals surface area contributed by atoms with Crippen molar-refractivity contribution in [2.75, 3.05) is 0 Å². The maximum Gasteiger partial charge on any atom is -0.0166 e. The molecule has 1 aliphatic carbocycles. The van der Waals surface area contributed by atoms with Gasteiger partial charge in [0.05, 0.1) is 0 Å². The first kappa shape index (κ1) is 10.0. The third kappa shape index (κ3) is 6.15. The summed E-state index contributed by atoms with van der Waals surface area (Å²) in [6.07, 6.45) is 23.5. The van der Waals surface area contributed by atoms with E-state index in [0.717, 1.165) is 12.8 Å². The van der Waals surface area contributed by atoms with Crippen molar-refractivity contribution >= 4 is 0 Å². The fourth-order valence-electron chi connectivity index (χ4n) is 1.25. The van der Waals surface area contributed by atoms with Crippen LogP contribution in [0.5, 0.6) is 0 Å². The molecular formula is C13H18. The molecule has 70 valence electrons. The number of hydrogen-bond acceptors (Lipinski definition) is 0. The first-order chi connectivity index (χ1) is 6.50. The minimum Gasteiger partial charge on any atom is -0.0882 e. The van der Waals surface area contributed by atoms with Gasteiger partial charge in [0.2, 0.25) is 0 Å². The predicted octanol–water partition coefficient (Wildman–Crippen LogP) is 4.18. The van der Waals surface area contributed by atoms with E-state index in [9.17, 15) is 0 Å². The van der Waals surface area contributed by atoms with Gasteiger partial charge >= 0.3 is 0 Å². The van der Waals surface area contributed by atoms with Crippen LogP contribution >= 0.6 is 0 Å². The van der Waals surface area contributed by atoms with E-state index >= 15 is 0 Å². The van der Waals surface area contributed by atoms with Gasteiger partial charge in [-0.25, -0.2) is 0 Å². The van der Waals surface area contributed by atoms with Crippen molar-refractivity contribution in [3.63, 3.8) is 0 Å². The van der Waals surface area contributed by atoms with Crippen LogP contribution in [0.2, 0.25) is 0 Å². The fraction of sp³-hybridized carbons (Fsp3) is 0.385. The molecule has 13 heavy (non-hydrogen) atoms. The molecule has 0 fully saturated rings. The zero-order chi connectivity index (χ0) is 9.19. The molecule has 1 aliphatic rings. The molecule has 0 spiro atoms. The van der Waals surface area contributed by atoms with Gasteiger partial charge in [0, 0.05) is 0 Å². The van der Waals surface area contributed by atoms with Crippen LogP contribution in [0, 0.1) is 0 Å². The van der Waals surface area contributed by atoms with E-state index in [1.165, 1.54) is 19.3 Å². The minimum atomic E-state index is 1.06. The Balaban J connectivity index is 2.38. The Morgan fingerprint density at radius 3 is 1.77 bits per heavy atom. The highest BCUT2D eigenvalue weighted by Gasteiger charge is 1.79. The van der Waals surface area contributed by atoms with Gasteiger partial charge in [-0.1, -0.05) is 48.6 Å². The zero-order valence-corrected chi connectivity index (χ0v) is 8.15. The van der Waals surface area contributed by atoms with Gasteiger partial charge in [-0.05, 0) is 32.1 Å². The Labute approximate surface area is 81.4 Å². The quantitative estimate of drug-likeness (QED) is 0.483. The van der Waals surface area contributed by atoms with Crippen LogP contribution in [-0.4, -0.2) is 0 Å². The van der Waals surface area contributed by atoms with Gasteiger partial charge in [0.15, 0.2) is 0 Å². The lowest BCUT2D eigenvalue weighted by atomic mass is 10.2. The fourth-order valence-corrected chi connectivity index (χ4v) is 1.25. The lowest BCUT2D eigenvalue weighted by Gasteiger charge is -1.87. The second-order valence-corrected chi connectivity index (χ2v) is 3.19. The highest BCUT2D eigenvalue weighted by atomic mass is 13.9. The Morgan fingerprint density at radius 1 is 0.462 bits per heavy atom.